The predicted octanol–water partition coefficient (Wildman–Crippen LogP) is 4.71. The first-order valence-corrected chi connectivity index (χ1v) is 7.85. The molecule has 0 aliphatic rings. The van der Waals surface area contributed by atoms with Gasteiger partial charge >= 0.3 is 5.97 Å². The van der Waals surface area contributed by atoms with Crippen molar-refractivity contribution in [3.63, 3.8) is 0 Å². The maximum Gasteiger partial charge on any atom is 0.337 e. The number of fused-ring (bicyclic) bond motifs is 1. The normalized spacial score (nSPS) is 11.0. The molecule has 3 heteroatoms. The van der Waals surface area contributed by atoms with Gasteiger partial charge in [-0.25, -0.2) is 4.79 Å². The maximum absolute atomic E-state index is 11.7. The van der Waals surface area contributed by atoms with Crippen LogP contribution in [0.2, 0.25) is 0 Å². The molecular formula is C18H25NO2. The molecule has 21 heavy (non-hydrogen) atoms. The number of unbranched alkanes of at least 4 members (excludes halogenated alkanes) is 4. The third-order valence-corrected chi connectivity index (χ3v) is 4.01. The molecule has 0 bridgehead atoms. The fourth-order valence-electron chi connectivity index (χ4n) is 2.79. The number of aromatic nitrogens is 1. The zero-order valence-electron chi connectivity index (χ0n) is 13.3. The minimum Gasteiger partial charge on any atom is -0.465 e. The maximum atomic E-state index is 11.7. The Morgan fingerprint density at radius 1 is 1.19 bits per heavy atom. The Kier molecular flexibility index (Phi) is 5.43. The minimum absolute atomic E-state index is 0.273. The largest absolute Gasteiger partial charge is 0.465 e. The Labute approximate surface area is 126 Å². The quantitative estimate of drug-likeness (QED) is 0.545. The first-order chi connectivity index (χ1) is 10.2. The fourth-order valence-corrected chi connectivity index (χ4v) is 2.79. The lowest BCUT2D eigenvalue weighted by Gasteiger charge is -2.06. The molecule has 1 heterocycles. The number of benzene rings is 1. The predicted molar refractivity (Wildman–Crippen MR) is 86.8 cm³/mol. The van der Waals surface area contributed by atoms with E-state index in [9.17, 15) is 4.79 Å². The van der Waals surface area contributed by atoms with E-state index in [2.05, 4.69) is 24.6 Å². The highest BCUT2D eigenvalue weighted by atomic mass is 16.5. The van der Waals surface area contributed by atoms with Crippen LogP contribution in [0.4, 0.5) is 0 Å². The number of methoxy groups -OCH3 is 1. The summed E-state index contributed by atoms with van der Waals surface area (Å²) in [4.78, 5) is 11.7. The second-order valence-electron chi connectivity index (χ2n) is 5.64. The van der Waals surface area contributed by atoms with Crippen molar-refractivity contribution < 1.29 is 9.53 Å². The number of aryl methyl sites for hydroxylation is 2. The molecule has 2 aromatic rings. The van der Waals surface area contributed by atoms with Gasteiger partial charge in [0.15, 0.2) is 0 Å². The molecule has 0 spiro atoms. The molecule has 0 amide bonds. The second-order valence-corrected chi connectivity index (χ2v) is 5.64. The van der Waals surface area contributed by atoms with Crippen LogP contribution in [0.15, 0.2) is 24.4 Å². The Bertz CT molecular complexity index is 613. The summed E-state index contributed by atoms with van der Waals surface area (Å²) in [5.41, 5.74) is 3.01. The van der Waals surface area contributed by atoms with Crippen LogP contribution in [-0.2, 0) is 11.3 Å². The summed E-state index contributed by atoms with van der Waals surface area (Å²) in [5.74, 6) is -0.273. The molecule has 3 nitrogen and oxygen atoms in total. The molecule has 114 valence electrons. The van der Waals surface area contributed by atoms with Crippen LogP contribution in [0, 0.1) is 6.92 Å². The molecule has 0 fully saturated rings. The van der Waals surface area contributed by atoms with Crippen LogP contribution in [-0.4, -0.2) is 17.6 Å². The number of hydrogen-bond donors (Lipinski definition) is 0. The molecule has 1 aromatic heterocycles. The van der Waals surface area contributed by atoms with Gasteiger partial charge in [0.25, 0.3) is 0 Å². The van der Waals surface area contributed by atoms with Crippen molar-refractivity contribution >= 4 is 16.9 Å². The van der Waals surface area contributed by atoms with E-state index in [1.54, 1.807) is 0 Å². The first-order valence-electron chi connectivity index (χ1n) is 7.85. The van der Waals surface area contributed by atoms with Gasteiger partial charge in [-0.1, -0.05) is 38.7 Å². The van der Waals surface area contributed by atoms with Gasteiger partial charge < -0.3 is 9.30 Å². The van der Waals surface area contributed by atoms with Crippen molar-refractivity contribution in [3.05, 3.63) is 35.5 Å². The minimum atomic E-state index is -0.273. The summed E-state index contributed by atoms with van der Waals surface area (Å²) in [6.07, 6.45) is 8.54. The van der Waals surface area contributed by atoms with E-state index in [1.807, 2.05) is 18.2 Å². The molecule has 2 rings (SSSR count). The number of esters is 1. The van der Waals surface area contributed by atoms with Crippen LogP contribution in [0.3, 0.4) is 0 Å². The third-order valence-electron chi connectivity index (χ3n) is 4.01. The number of ether oxygens (including phenoxy) is 1. The lowest BCUT2D eigenvalue weighted by Crippen LogP contribution is -2.02. The zero-order valence-corrected chi connectivity index (χ0v) is 13.3. The lowest BCUT2D eigenvalue weighted by molar-refractivity contribution is 0.0601. The molecule has 0 N–H and O–H groups in total. The number of carbonyl (C=O) groups excluding carboxylic acids is 1. The van der Waals surface area contributed by atoms with E-state index in [4.69, 9.17) is 4.74 Å². The Balaban J connectivity index is 2.16. The molecule has 0 atom stereocenters. The smallest absolute Gasteiger partial charge is 0.337 e. The highest BCUT2D eigenvalue weighted by Gasteiger charge is 2.10. The summed E-state index contributed by atoms with van der Waals surface area (Å²) < 4.78 is 7.08. The summed E-state index contributed by atoms with van der Waals surface area (Å²) in [6, 6.07) is 5.80. The molecule has 0 unspecified atom stereocenters. The summed E-state index contributed by atoms with van der Waals surface area (Å²) in [6.45, 7) is 5.36. The zero-order chi connectivity index (χ0) is 15.2. The first kappa shape index (κ1) is 15.6. The molecule has 0 saturated heterocycles. The fraction of sp³-hybridized carbons (Fsp3) is 0.500. The van der Waals surface area contributed by atoms with Crippen LogP contribution in [0.5, 0.6) is 0 Å². The highest BCUT2D eigenvalue weighted by molar-refractivity contribution is 5.95. The van der Waals surface area contributed by atoms with E-state index in [0.717, 1.165) is 12.1 Å². The van der Waals surface area contributed by atoms with Crippen LogP contribution >= 0.6 is 0 Å². The van der Waals surface area contributed by atoms with Gasteiger partial charge in [-0.2, -0.15) is 0 Å². The van der Waals surface area contributed by atoms with Crippen LogP contribution in [0.1, 0.15) is 54.9 Å². The number of rotatable bonds is 7. The third kappa shape index (κ3) is 3.66. The van der Waals surface area contributed by atoms with Crippen molar-refractivity contribution in [2.24, 2.45) is 0 Å². The van der Waals surface area contributed by atoms with Gasteiger partial charge in [0.2, 0.25) is 0 Å². The Morgan fingerprint density at radius 2 is 1.95 bits per heavy atom. The average molecular weight is 287 g/mol. The van der Waals surface area contributed by atoms with Gasteiger partial charge in [-0.3, -0.25) is 0 Å². The monoisotopic (exact) mass is 287 g/mol. The van der Waals surface area contributed by atoms with E-state index in [0.29, 0.717) is 5.56 Å². The second kappa shape index (κ2) is 7.30. The summed E-state index contributed by atoms with van der Waals surface area (Å²) in [5, 5.41) is 1.22. The summed E-state index contributed by atoms with van der Waals surface area (Å²) >= 11 is 0. The van der Waals surface area contributed by atoms with E-state index < -0.39 is 0 Å². The molecule has 0 aliphatic carbocycles. The van der Waals surface area contributed by atoms with Crippen molar-refractivity contribution in [2.75, 3.05) is 7.11 Å². The molecule has 0 saturated carbocycles. The molecule has 0 radical (unpaired) electrons. The van der Waals surface area contributed by atoms with Crippen molar-refractivity contribution in [1.82, 2.24) is 4.57 Å². The van der Waals surface area contributed by atoms with Gasteiger partial charge in [0, 0.05) is 23.6 Å². The lowest BCUT2D eigenvalue weighted by atomic mass is 10.1. The van der Waals surface area contributed by atoms with Gasteiger partial charge in [0.1, 0.15) is 0 Å². The molecule has 0 aliphatic heterocycles. The van der Waals surface area contributed by atoms with Crippen molar-refractivity contribution in [3.8, 4) is 0 Å². The van der Waals surface area contributed by atoms with Crippen LogP contribution < -0.4 is 0 Å². The number of carbonyl (C=O) groups is 1. The van der Waals surface area contributed by atoms with E-state index in [-0.39, 0.29) is 5.97 Å². The standard InChI is InChI=1S/C18H25NO2/c1-4-5-6-7-8-11-19-13-14(2)16-10-9-15(12-17(16)19)18(20)21-3/h9-10,12-13H,4-8,11H2,1-3H3. The Hall–Kier alpha value is -1.77. The molecule has 1 aromatic carbocycles. The van der Waals surface area contributed by atoms with E-state index in [1.165, 1.54) is 50.2 Å². The SMILES string of the molecule is CCCCCCCn1cc(C)c2ccc(C(=O)OC)cc21. The summed E-state index contributed by atoms with van der Waals surface area (Å²) in [7, 11) is 1.42. The topological polar surface area (TPSA) is 31.2 Å². The van der Waals surface area contributed by atoms with Crippen LogP contribution in [0.25, 0.3) is 10.9 Å². The number of nitrogens with zero attached hydrogens (tertiary/aromatic N) is 1. The van der Waals surface area contributed by atoms with Crippen molar-refractivity contribution in [2.45, 2.75) is 52.5 Å². The van der Waals surface area contributed by atoms with Gasteiger partial charge in [0.05, 0.1) is 12.7 Å². The van der Waals surface area contributed by atoms with E-state index >= 15 is 0 Å². The average Bonchev–Trinajstić information content (AvgIpc) is 2.82. The van der Waals surface area contributed by atoms with Gasteiger partial charge in [-0.05, 0) is 31.0 Å². The Morgan fingerprint density at radius 3 is 2.67 bits per heavy atom. The van der Waals surface area contributed by atoms with Gasteiger partial charge in [-0.15, -0.1) is 0 Å². The highest BCUT2D eigenvalue weighted by Crippen LogP contribution is 2.23. The van der Waals surface area contributed by atoms with Crippen molar-refractivity contribution in [1.29, 1.82) is 0 Å². The number of hydrogen-bond acceptors (Lipinski definition) is 2. The molecular weight excluding hydrogens is 262 g/mol.